The van der Waals surface area contributed by atoms with Gasteiger partial charge in [0, 0.05) is 11.1 Å². The van der Waals surface area contributed by atoms with E-state index in [1.165, 1.54) is 12.1 Å². The number of hydrogen-bond acceptors (Lipinski definition) is 3. The lowest BCUT2D eigenvalue weighted by Gasteiger charge is -2.09. The van der Waals surface area contributed by atoms with Crippen molar-refractivity contribution in [3.8, 4) is 17.2 Å². The summed E-state index contributed by atoms with van der Waals surface area (Å²) >= 11 is 12.0. The van der Waals surface area contributed by atoms with E-state index < -0.39 is 4.92 Å². The summed E-state index contributed by atoms with van der Waals surface area (Å²) in [6.45, 7) is 0. The van der Waals surface area contributed by atoms with E-state index in [9.17, 15) is 10.1 Å². The first kappa shape index (κ1) is 14.3. The van der Waals surface area contributed by atoms with Crippen LogP contribution >= 0.6 is 23.2 Å². The highest BCUT2D eigenvalue weighted by atomic mass is 35.5. The van der Waals surface area contributed by atoms with E-state index in [1.54, 1.807) is 24.3 Å². The molecule has 2 aromatic carbocycles. The highest BCUT2D eigenvalue weighted by molar-refractivity contribution is 6.35. The Balaban J connectivity index is 2.70. The van der Waals surface area contributed by atoms with E-state index in [1.807, 2.05) is 6.07 Å². The van der Waals surface area contributed by atoms with Crippen molar-refractivity contribution in [1.82, 2.24) is 0 Å². The third-order valence-corrected chi connectivity index (χ3v) is 3.48. The van der Waals surface area contributed by atoms with Gasteiger partial charge in [-0.15, -0.1) is 0 Å². The number of hydrogen-bond donors (Lipinski definition) is 0. The van der Waals surface area contributed by atoms with E-state index in [0.717, 1.165) is 0 Å². The summed E-state index contributed by atoms with van der Waals surface area (Å²) in [6.07, 6.45) is 0.0947. The van der Waals surface area contributed by atoms with Crippen molar-refractivity contribution in [3.05, 3.63) is 62.1 Å². The van der Waals surface area contributed by atoms with Gasteiger partial charge >= 0.3 is 0 Å². The summed E-state index contributed by atoms with van der Waals surface area (Å²) in [5, 5.41) is 20.7. The van der Waals surface area contributed by atoms with Crippen LogP contribution in [0.4, 0.5) is 5.69 Å². The number of rotatable bonds is 3. The van der Waals surface area contributed by atoms with E-state index in [0.29, 0.717) is 21.7 Å². The summed E-state index contributed by atoms with van der Waals surface area (Å²) in [5.74, 6) is 0. The second-order valence-electron chi connectivity index (χ2n) is 4.03. The number of nitrogens with zero attached hydrogens (tertiary/aromatic N) is 2. The first-order chi connectivity index (χ1) is 9.54. The van der Waals surface area contributed by atoms with Crippen molar-refractivity contribution >= 4 is 28.9 Å². The van der Waals surface area contributed by atoms with Crippen LogP contribution in [0.25, 0.3) is 11.1 Å². The predicted molar refractivity (Wildman–Crippen MR) is 77.9 cm³/mol. The normalized spacial score (nSPS) is 10.1. The Morgan fingerprint density at radius 2 is 1.80 bits per heavy atom. The summed E-state index contributed by atoms with van der Waals surface area (Å²) in [6, 6.07) is 11.4. The van der Waals surface area contributed by atoms with Crippen LogP contribution in [-0.2, 0) is 6.42 Å². The minimum Gasteiger partial charge on any atom is -0.258 e. The van der Waals surface area contributed by atoms with Crippen LogP contribution in [0.1, 0.15) is 5.56 Å². The number of nitro benzene ring substituents is 1. The highest BCUT2D eigenvalue weighted by Gasteiger charge is 2.21. The number of benzene rings is 2. The fraction of sp³-hybridized carbons (Fsp3) is 0.0714. The largest absolute Gasteiger partial charge is 0.278 e. The number of nitro groups is 1. The molecule has 0 aliphatic carbocycles. The molecule has 4 nitrogen and oxygen atoms in total. The number of halogens is 2. The van der Waals surface area contributed by atoms with Crippen LogP contribution in [0, 0.1) is 21.4 Å². The molecule has 6 heteroatoms. The molecule has 0 saturated carbocycles. The lowest BCUT2D eigenvalue weighted by molar-refractivity contribution is -0.384. The van der Waals surface area contributed by atoms with Gasteiger partial charge in [-0.25, -0.2) is 0 Å². The van der Waals surface area contributed by atoms with Crippen molar-refractivity contribution < 1.29 is 4.92 Å². The molecule has 0 spiro atoms. The van der Waals surface area contributed by atoms with Gasteiger partial charge in [0.2, 0.25) is 0 Å². The Hall–Kier alpha value is -2.09. The van der Waals surface area contributed by atoms with Crippen LogP contribution in [0.15, 0.2) is 36.4 Å². The van der Waals surface area contributed by atoms with Crippen molar-refractivity contribution in [2.75, 3.05) is 0 Å². The highest BCUT2D eigenvalue weighted by Crippen LogP contribution is 2.39. The average molecular weight is 307 g/mol. The molecular weight excluding hydrogens is 299 g/mol. The average Bonchev–Trinajstić information content (AvgIpc) is 2.42. The minimum absolute atomic E-state index is 0.0947. The third-order valence-electron chi connectivity index (χ3n) is 2.80. The van der Waals surface area contributed by atoms with Crippen molar-refractivity contribution in [2.24, 2.45) is 0 Å². The van der Waals surface area contributed by atoms with Crippen LogP contribution in [0.2, 0.25) is 10.0 Å². The first-order valence-electron chi connectivity index (χ1n) is 5.63. The smallest absolute Gasteiger partial charge is 0.258 e. The van der Waals surface area contributed by atoms with Gasteiger partial charge in [-0.05, 0) is 29.3 Å². The fourth-order valence-corrected chi connectivity index (χ4v) is 2.34. The minimum atomic E-state index is -0.494. The van der Waals surface area contributed by atoms with Gasteiger partial charge in [0.05, 0.1) is 28.0 Å². The molecule has 0 heterocycles. The molecule has 0 saturated heterocycles. The Kier molecular flexibility index (Phi) is 4.23. The Morgan fingerprint density at radius 1 is 1.15 bits per heavy atom. The van der Waals surface area contributed by atoms with Crippen molar-refractivity contribution in [2.45, 2.75) is 6.42 Å². The molecule has 2 aromatic rings. The first-order valence-corrected chi connectivity index (χ1v) is 6.39. The molecule has 0 N–H and O–H groups in total. The number of nitriles is 1. The predicted octanol–water partition coefficient (Wildman–Crippen LogP) is 4.63. The zero-order valence-electron chi connectivity index (χ0n) is 10.1. The second-order valence-corrected chi connectivity index (χ2v) is 4.85. The van der Waals surface area contributed by atoms with Gasteiger partial charge < -0.3 is 0 Å². The maximum atomic E-state index is 11.1. The van der Waals surface area contributed by atoms with E-state index in [4.69, 9.17) is 28.5 Å². The Bertz CT molecular complexity index is 706. The molecule has 0 atom stereocenters. The molecule has 0 amide bonds. The summed E-state index contributed by atoms with van der Waals surface area (Å²) in [5.41, 5.74) is 1.36. The topological polar surface area (TPSA) is 66.9 Å². The zero-order chi connectivity index (χ0) is 14.7. The summed E-state index contributed by atoms with van der Waals surface area (Å²) in [4.78, 5) is 10.6. The van der Waals surface area contributed by atoms with E-state index in [2.05, 4.69) is 0 Å². The van der Waals surface area contributed by atoms with Crippen LogP contribution in [0.5, 0.6) is 0 Å². The Morgan fingerprint density at radius 3 is 2.35 bits per heavy atom. The molecule has 2 rings (SSSR count). The van der Waals surface area contributed by atoms with E-state index >= 15 is 0 Å². The van der Waals surface area contributed by atoms with Gasteiger partial charge in [0.15, 0.2) is 0 Å². The molecule has 0 unspecified atom stereocenters. The molecule has 100 valence electrons. The maximum absolute atomic E-state index is 11.1. The lowest BCUT2D eigenvalue weighted by Crippen LogP contribution is -1.96. The van der Waals surface area contributed by atoms with Crippen molar-refractivity contribution in [3.63, 3.8) is 0 Å². The molecule has 0 aliphatic heterocycles. The molecular formula is C14H8Cl2N2O2. The quantitative estimate of drug-likeness (QED) is 0.613. The van der Waals surface area contributed by atoms with Crippen LogP contribution in [0.3, 0.4) is 0 Å². The Labute approximate surface area is 125 Å². The summed E-state index contributed by atoms with van der Waals surface area (Å²) < 4.78 is 0. The molecule has 0 aliphatic rings. The SMILES string of the molecule is N#CCc1ccc([N+](=O)[O-])c(-c2ccc(Cl)cc2)c1Cl. The molecule has 0 radical (unpaired) electrons. The lowest BCUT2D eigenvalue weighted by atomic mass is 9.99. The molecule has 0 fully saturated rings. The van der Waals surface area contributed by atoms with Gasteiger partial charge in [0.25, 0.3) is 5.69 Å². The van der Waals surface area contributed by atoms with Gasteiger partial charge in [-0.1, -0.05) is 35.3 Å². The van der Waals surface area contributed by atoms with Gasteiger partial charge in [0.1, 0.15) is 0 Å². The van der Waals surface area contributed by atoms with Crippen LogP contribution < -0.4 is 0 Å². The van der Waals surface area contributed by atoms with Gasteiger partial charge in [-0.2, -0.15) is 5.26 Å². The monoisotopic (exact) mass is 306 g/mol. The molecule has 0 bridgehead atoms. The maximum Gasteiger partial charge on any atom is 0.278 e. The van der Waals surface area contributed by atoms with Crippen LogP contribution in [-0.4, -0.2) is 4.92 Å². The second kappa shape index (κ2) is 5.91. The summed E-state index contributed by atoms with van der Waals surface area (Å²) in [7, 11) is 0. The standard InChI is InChI=1S/C14H8Cl2N2O2/c15-11-4-1-9(2-5-11)13-12(18(19)20)6-3-10(7-8-17)14(13)16/h1-6H,7H2. The van der Waals surface area contributed by atoms with E-state index in [-0.39, 0.29) is 17.1 Å². The third kappa shape index (κ3) is 2.74. The van der Waals surface area contributed by atoms with Gasteiger partial charge in [-0.3, -0.25) is 10.1 Å². The fourth-order valence-electron chi connectivity index (χ4n) is 1.87. The molecule has 20 heavy (non-hydrogen) atoms. The molecule has 0 aromatic heterocycles. The van der Waals surface area contributed by atoms with Crippen molar-refractivity contribution in [1.29, 1.82) is 5.26 Å². The zero-order valence-corrected chi connectivity index (χ0v) is 11.6.